The summed E-state index contributed by atoms with van der Waals surface area (Å²) in [6, 6.07) is 12.7. The van der Waals surface area contributed by atoms with Crippen molar-refractivity contribution in [1.29, 1.82) is 0 Å². The van der Waals surface area contributed by atoms with Crippen molar-refractivity contribution in [3.63, 3.8) is 0 Å². The van der Waals surface area contributed by atoms with E-state index in [9.17, 15) is 9.50 Å². The lowest BCUT2D eigenvalue weighted by molar-refractivity contribution is 0.178. The number of rotatable bonds is 4. The van der Waals surface area contributed by atoms with Gasteiger partial charge in [-0.25, -0.2) is 4.39 Å². The van der Waals surface area contributed by atoms with Gasteiger partial charge in [0, 0.05) is 6.42 Å². The Kier molecular flexibility index (Phi) is 4.33. The molecular formula is C17H19FO. The zero-order valence-electron chi connectivity index (χ0n) is 11.4. The highest BCUT2D eigenvalue weighted by molar-refractivity contribution is 5.30. The van der Waals surface area contributed by atoms with Crippen LogP contribution in [0.2, 0.25) is 0 Å². The molecule has 0 saturated heterocycles. The van der Waals surface area contributed by atoms with E-state index in [1.54, 1.807) is 6.07 Å². The van der Waals surface area contributed by atoms with Crippen molar-refractivity contribution in [3.05, 3.63) is 70.5 Å². The lowest BCUT2D eigenvalue weighted by atomic mass is 9.97. The van der Waals surface area contributed by atoms with Gasteiger partial charge in [-0.3, -0.25) is 0 Å². The summed E-state index contributed by atoms with van der Waals surface area (Å²) < 4.78 is 13.0. The van der Waals surface area contributed by atoms with Crippen molar-refractivity contribution < 1.29 is 9.50 Å². The molecule has 0 aromatic heterocycles. The number of halogens is 1. The Bertz CT molecular complexity index is 546. The van der Waals surface area contributed by atoms with Crippen molar-refractivity contribution >= 4 is 0 Å². The fourth-order valence-corrected chi connectivity index (χ4v) is 2.19. The van der Waals surface area contributed by atoms with Crippen LogP contribution < -0.4 is 0 Å². The number of aliphatic hydroxyl groups excluding tert-OH is 1. The standard InChI is InChI=1S/C17H19FO/c1-3-13-4-6-14(7-5-13)17(19)11-15-8-9-16(18)10-12(15)2/h4-10,17,19H,3,11H2,1-2H3. The molecule has 0 aliphatic carbocycles. The van der Waals surface area contributed by atoms with Crippen molar-refractivity contribution in [2.75, 3.05) is 0 Å². The van der Waals surface area contributed by atoms with E-state index in [0.29, 0.717) is 6.42 Å². The van der Waals surface area contributed by atoms with Gasteiger partial charge in [-0.15, -0.1) is 0 Å². The number of aliphatic hydroxyl groups is 1. The Hall–Kier alpha value is -1.67. The molecule has 19 heavy (non-hydrogen) atoms. The van der Waals surface area contributed by atoms with Crippen molar-refractivity contribution in [1.82, 2.24) is 0 Å². The van der Waals surface area contributed by atoms with E-state index in [0.717, 1.165) is 23.1 Å². The topological polar surface area (TPSA) is 20.2 Å². The number of benzene rings is 2. The van der Waals surface area contributed by atoms with Gasteiger partial charge in [0.05, 0.1) is 6.10 Å². The first-order valence-corrected chi connectivity index (χ1v) is 6.62. The fraction of sp³-hybridized carbons (Fsp3) is 0.294. The van der Waals surface area contributed by atoms with Crippen LogP contribution in [0.1, 0.15) is 35.3 Å². The quantitative estimate of drug-likeness (QED) is 0.879. The summed E-state index contributed by atoms with van der Waals surface area (Å²) in [6.07, 6.45) is 0.959. The lowest BCUT2D eigenvalue weighted by Gasteiger charge is -2.13. The average molecular weight is 258 g/mol. The van der Waals surface area contributed by atoms with E-state index < -0.39 is 6.10 Å². The molecule has 1 unspecified atom stereocenters. The first-order valence-electron chi connectivity index (χ1n) is 6.62. The van der Waals surface area contributed by atoms with Gasteiger partial charge >= 0.3 is 0 Å². The molecule has 0 spiro atoms. The van der Waals surface area contributed by atoms with E-state index >= 15 is 0 Å². The van der Waals surface area contributed by atoms with Crippen molar-refractivity contribution in [2.45, 2.75) is 32.8 Å². The van der Waals surface area contributed by atoms with Gasteiger partial charge in [0.2, 0.25) is 0 Å². The van der Waals surface area contributed by atoms with Gasteiger partial charge in [-0.1, -0.05) is 37.3 Å². The molecule has 0 radical (unpaired) electrons. The largest absolute Gasteiger partial charge is 0.388 e. The highest BCUT2D eigenvalue weighted by atomic mass is 19.1. The van der Waals surface area contributed by atoms with Gasteiger partial charge in [0.25, 0.3) is 0 Å². The summed E-state index contributed by atoms with van der Waals surface area (Å²) in [5, 5.41) is 10.2. The maximum absolute atomic E-state index is 13.0. The summed E-state index contributed by atoms with van der Waals surface area (Å²) in [6.45, 7) is 3.97. The number of hydrogen-bond donors (Lipinski definition) is 1. The number of hydrogen-bond acceptors (Lipinski definition) is 1. The van der Waals surface area contributed by atoms with E-state index in [2.05, 4.69) is 6.92 Å². The summed E-state index contributed by atoms with van der Waals surface area (Å²) in [5.74, 6) is -0.233. The van der Waals surface area contributed by atoms with Crippen LogP contribution >= 0.6 is 0 Å². The molecule has 0 heterocycles. The summed E-state index contributed by atoms with van der Waals surface area (Å²) >= 11 is 0. The first kappa shape index (κ1) is 13.8. The molecule has 1 atom stereocenters. The third-order valence-electron chi connectivity index (χ3n) is 3.49. The van der Waals surface area contributed by atoms with Crippen LogP contribution in [0, 0.1) is 12.7 Å². The second-order valence-corrected chi connectivity index (χ2v) is 4.89. The summed E-state index contributed by atoms with van der Waals surface area (Å²) in [5.41, 5.74) is 4.02. The zero-order chi connectivity index (χ0) is 13.8. The Morgan fingerprint density at radius 2 is 1.79 bits per heavy atom. The molecule has 2 rings (SSSR count). The van der Waals surface area contributed by atoms with Gasteiger partial charge < -0.3 is 5.11 Å². The van der Waals surface area contributed by atoms with E-state index in [-0.39, 0.29) is 5.82 Å². The Labute approximate surface area is 113 Å². The van der Waals surface area contributed by atoms with Crippen LogP contribution in [0.25, 0.3) is 0 Å². The van der Waals surface area contributed by atoms with E-state index in [4.69, 9.17) is 0 Å². The highest BCUT2D eigenvalue weighted by Crippen LogP contribution is 2.21. The normalized spacial score (nSPS) is 12.4. The Morgan fingerprint density at radius 1 is 1.11 bits per heavy atom. The van der Waals surface area contributed by atoms with Gasteiger partial charge in [0.1, 0.15) is 5.82 Å². The van der Waals surface area contributed by atoms with Crippen molar-refractivity contribution in [2.24, 2.45) is 0 Å². The fourth-order valence-electron chi connectivity index (χ4n) is 2.19. The Balaban J connectivity index is 2.13. The van der Waals surface area contributed by atoms with E-state index in [1.807, 2.05) is 31.2 Å². The molecule has 100 valence electrons. The predicted molar refractivity (Wildman–Crippen MR) is 75.6 cm³/mol. The molecule has 0 amide bonds. The first-order chi connectivity index (χ1) is 9.10. The maximum Gasteiger partial charge on any atom is 0.123 e. The van der Waals surface area contributed by atoms with E-state index in [1.165, 1.54) is 17.7 Å². The summed E-state index contributed by atoms with van der Waals surface area (Å²) in [7, 11) is 0. The minimum Gasteiger partial charge on any atom is -0.388 e. The molecule has 2 aromatic rings. The van der Waals surface area contributed by atoms with Gasteiger partial charge in [-0.2, -0.15) is 0 Å². The van der Waals surface area contributed by atoms with Crippen LogP contribution in [0.5, 0.6) is 0 Å². The third kappa shape index (κ3) is 3.42. The summed E-state index contributed by atoms with van der Waals surface area (Å²) in [4.78, 5) is 0. The maximum atomic E-state index is 13.0. The molecule has 2 heteroatoms. The molecule has 0 aliphatic rings. The molecule has 2 aromatic carbocycles. The monoisotopic (exact) mass is 258 g/mol. The van der Waals surface area contributed by atoms with Crippen LogP contribution in [0.3, 0.4) is 0 Å². The molecule has 1 nitrogen and oxygen atoms in total. The molecule has 1 N–H and O–H groups in total. The SMILES string of the molecule is CCc1ccc(C(O)Cc2ccc(F)cc2C)cc1. The van der Waals surface area contributed by atoms with Gasteiger partial charge in [-0.05, 0) is 47.7 Å². The molecular weight excluding hydrogens is 239 g/mol. The molecule has 0 aliphatic heterocycles. The Morgan fingerprint density at radius 3 is 2.37 bits per heavy atom. The van der Waals surface area contributed by atoms with Crippen molar-refractivity contribution in [3.8, 4) is 0 Å². The second-order valence-electron chi connectivity index (χ2n) is 4.89. The van der Waals surface area contributed by atoms with Crippen LogP contribution in [0.15, 0.2) is 42.5 Å². The molecule has 0 saturated carbocycles. The average Bonchev–Trinajstić information content (AvgIpc) is 2.42. The lowest BCUT2D eigenvalue weighted by Crippen LogP contribution is -2.03. The molecule has 0 fully saturated rings. The zero-order valence-corrected chi connectivity index (χ0v) is 11.4. The van der Waals surface area contributed by atoms with Gasteiger partial charge in [0.15, 0.2) is 0 Å². The minimum atomic E-state index is -0.546. The minimum absolute atomic E-state index is 0.233. The van der Waals surface area contributed by atoms with Crippen LogP contribution in [-0.4, -0.2) is 5.11 Å². The third-order valence-corrected chi connectivity index (χ3v) is 3.49. The molecule has 0 bridgehead atoms. The second kappa shape index (κ2) is 5.98. The van der Waals surface area contributed by atoms with Crippen LogP contribution in [-0.2, 0) is 12.8 Å². The van der Waals surface area contributed by atoms with Crippen LogP contribution in [0.4, 0.5) is 4.39 Å². The predicted octanol–water partition coefficient (Wildman–Crippen LogP) is 3.97. The number of aryl methyl sites for hydroxylation is 2. The highest BCUT2D eigenvalue weighted by Gasteiger charge is 2.10. The smallest absolute Gasteiger partial charge is 0.123 e.